The summed E-state index contributed by atoms with van der Waals surface area (Å²) in [6.45, 7) is 3.80. The number of piperidine rings is 1. The van der Waals surface area contributed by atoms with Gasteiger partial charge in [0.2, 0.25) is 5.91 Å². The molecule has 1 unspecified atom stereocenters. The maximum Gasteiger partial charge on any atom is 0.236 e. The number of amides is 1. The van der Waals surface area contributed by atoms with Crippen LogP contribution in [-0.4, -0.2) is 34.9 Å². The fraction of sp³-hybridized carbons (Fsp3) is 0.867. The Morgan fingerprint density at radius 2 is 1.90 bits per heavy atom. The Bertz CT molecular complexity index is 373. The van der Waals surface area contributed by atoms with Crippen LogP contribution in [0.5, 0.6) is 0 Å². The van der Waals surface area contributed by atoms with Crippen LogP contribution in [0, 0.1) is 11.3 Å². The molecule has 1 amide bonds. The van der Waals surface area contributed by atoms with E-state index in [4.69, 9.17) is 10.9 Å². The number of carbonyl (C=O) groups is 1. The fourth-order valence-electron chi connectivity index (χ4n) is 3.68. The lowest BCUT2D eigenvalue weighted by atomic mass is 9.77. The number of amidine groups is 1. The zero-order chi connectivity index (χ0) is 14.6. The number of hydrogen-bond acceptors (Lipinski definition) is 3. The molecule has 20 heavy (non-hydrogen) atoms. The van der Waals surface area contributed by atoms with Gasteiger partial charge in [-0.2, -0.15) is 0 Å². The maximum atomic E-state index is 13.0. The SMILES string of the molecule is CC1CCCN(C(=O)C2(C(N)=NO)CCCCCC2)C1. The molecule has 0 aromatic carbocycles. The van der Waals surface area contributed by atoms with E-state index < -0.39 is 5.41 Å². The predicted molar refractivity (Wildman–Crippen MR) is 78.5 cm³/mol. The number of rotatable bonds is 2. The Morgan fingerprint density at radius 3 is 2.45 bits per heavy atom. The van der Waals surface area contributed by atoms with Gasteiger partial charge in [0, 0.05) is 13.1 Å². The van der Waals surface area contributed by atoms with Gasteiger partial charge < -0.3 is 15.8 Å². The molecule has 1 aliphatic heterocycles. The van der Waals surface area contributed by atoms with Crippen LogP contribution in [0.4, 0.5) is 0 Å². The molecule has 114 valence electrons. The van der Waals surface area contributed by atoms with Crippen LogP contribution >= 0.6 is 0 Å². The number of nitrogens with two attached hydrogens (primary N) is 1. The number of likely N-dealkylation sites (tertiary alicyclic amines) is 1. The molecule has 5 heteroatoms. The van der Waals surface area contributed by atoms with Crippen molar-refractivity contribution in [2.24, 2.45) is 22.2 Å². The molecule has 2 aliphatic rings. The summed E-state index contributed by atoms with van der Waals surface area (Å²) in [5.41, 5.74) is 5.19. The average Bonchev–Trinajstić information content (AvgIpc) is 2.72. The molecule has 2 fully saturated rings. The molecule has 1 atom stereocenters. The van der Waals surface area contributed by atoms with Gasteiger partial charge in [0.25, 0.3) is 0 Å². The Labute approximate surface area is 121 Å². The number of hydrogen-bond donors (Lipinski definition) is 2. The van der Waals surface area contributed by atoms with Crippen molar-refractivity contribution in [1.29, 1.82) is 0 Å². The van der Waals surface area contributed by atoms with Crippen molar-refractivity contribution < 1.29 is 10.0 Å². The first kappa shape index (κ1) is 15.1. The molecule has 1 saturated heterocycles. The van der Waals surface area contributed by atoms with Crippen molar-refractivity contribution in [3.8, 4) is 0 Å². The van der Waals surface area contributed by atoms with E-state index in [2.05, 4.69) is 12.1 Å². The highest BCUT2D eigenvalue weighted by Crippen LogP contribution is 2.38. The molecular weight excluding hydrogens is 254 g/mol. The molecule has 0 aromatic rings. The van der Waals surface area contributed by atoms with E-state index in [-0.39, 0.29) is 11.7 Å². The minimum absolute atomic E-state index is 0.0845. The van der Waals surface area contributed by atoms with Crippen molar-refractivity contribution in [2.75, 3.05) is 13.1 Å². The summed E-state index contributed by atoms with van der Waals surface area (Å²) in [6, 6.07) is 0. The minimum atomic E-state index is -0.762. The monoisotopic (exact) mass is 281 g/mol. The van der Waals surface area contributed by atoms with Gasteiger partial charge in [-0.1, -0.05) is 37.8 Å². The zero-order valence-electron chi connectivity index (χ0n) is 12.5. The molecule has 1 aliphatic carbocycles. The van der Waals surface area contributed by atoms with Crippen LogP contribution in [-0.2, 0) is 4.79 Å². The highest BCUT2D eigenvalue weighted by atomic mass is 16.4. The van der Waals surface area contributed by atoms with Crippen LogP contribution in [0.25, 0.3) is 0 Å². The molecule has 3 N–H and O–H groups in total. The maximum absolute atomic E-state index is 13.0. The second-order valence-corrected chi connectivity index (χ2v) is 6.48. The molecule has 2 rings (SSSR count). The Kier molecular flexibility index (Phi) is 4.89. The Morgan fingerprint density at radius 1 is 1.25 bits per heavy atom. The Hall–Kier alpha value is -1.26. The second-order valence-electron chi connectivity index (χ2n) is 6.48. The van der Waals surface area contributed by atoms with Crippen LogP contribution in [0.3, 0.4) is 0 Å². The molecule has 1 saturated carbocycles. The summed E-state index contributed by atoms with van der Waals surface area (Å²) >= 11 is 0. The Balaban J connectivity index is 2.23. The molecule has 0 radical (unpaired) electrons. The highest BCUT2D eigenvalue weighted by molar-refractivity contribution is 6.06. The van der Waals surface area contributed by atoms with Gasteiger partial charge in [0.15, 0.2) is 5.84 Å². The number of nitrogens with zero attached hydrogens (tertiary/aromatic N) is 2. The number of oxime groups is 1. The highest BCUT2D eigenvalue weighted by Gasteiger charge is 2.45. The predicted octanol–water partition coefficient (Wildman–Crippen LogP) is 2.33. The third kappa shape index (κ3) is 2.91. The van der Waals surface area contributed by atoms with Crippen LogP contribution in [0.2, 0.25) is 0 Å². The van der Waals surface area contributed by atoms with E-state index in [1.54, 1.807) is 0 Å². The van der Waals surface area contributed by atoms with Crippen LogP contribution < -0.4 is 5.73 Å². The summed E-state index contributed by atoms with van der Waals surface area (Å²) < 4.78 is 0. The van der Waals surface area contributed by atoms with E-state index in [0.717, 1.165) is 45.2 Å². The van der Waals surface area contributed by atoms with Crippen molar-refractivity contribution in [2.45, 2.75) is 58.3 Å². The summed E-state index contributed by atoms with van der Waals surface area (Å²) in [7, 11) is 0. The van der Waals surface area contributed by atoms with E-state index in [1.165, 1.54) is 6.42 Å². The van der Waals surface area contributed by atoms with E-state index in [1.807, 2.05) is 4.90 Å². The van der Waals surface area contributed by atoms with Gasteiger partial charge in [-0.05, 0) is 31.6 Å². The van der Waals surface area contributed by atoms with Crippen molar-refractivity contribution in [3.05, 3.63) is 0 Å². The van der Waals surface area contributed by atoms with Gasteiger partial charge >= 0.3 is 0 Å². The van der Waals surface area contributed by atoms with E-state index in [0.29, 0.717) is 18.8 Å². The zero-order valence-corrected chi connectivity index (χ0v) is 12.5. The lowest BCUT2D eigenvalue weighted by molar-refractivity contribution is -0.141. The van der Waals surface area contributed by atoms with Crippen molar-refractivity contribution in [1.82, 2.24) is 4.90 Å². The quantitative estimate of drug-likeness (QED) is 0.268. The van der Waals surface area contributed by atoms with Gasteiger partial charge in [-0.3, -0.25) is 4.79 Å². The standard InChI is InChI=1S/C15H27N3O2/c1-12-7-6-10-18(11-12)14(19)15(13(16)17-20)8-4-2-3-5-9-15/h12,20H,2-11H2,1H3,(H2,16,17). The largest absolute Gasteiger partial charge is 0.409 e. The molecule has 0 spiro atoms. The summed E-state index contributed by atoms with van der Waals surface area (Å²) in [4.78, 5) is 15.0. The topological polar surface area (TPSA) is 78.9 Å². The summed E-state index contributed by atoms with van der Waals surface area (Å²) in [5.74, 6) is 0.742. The second kappa shape index (κ2) is 6.46. The minimum Gasteiger partial charge on any atom is -0.409 e. The van der Waals surface area contributed by atoms with Crippen molar-refractivity contribution >= 4 is 11.7 Å². The molecule has 0 aromatic heterocycles. The first-order valence-corrected chi connectivity index (χ1v) is 7.87. The van der Waals surface area contributed by atoms with Gasteiger partial charge in [0.05, 0.1) is 0 Å². The fourth-order valence-corrected chi connectivity index (χ4v) is 3.68. The van der Waals surface area contributed by atoms with Crippen LogP contribution in [0.15, 0.2) is 5.16 Å². The summed E-state index contributed by atoms with van der Waals surface area (Å²) in [6.07, 6.45) is 7.88. The third-order valence-corrected chi connectivity index (χ3v) is 4.91. The van der Waals surface area contributed by atoms with Gasteiger partial charge in [-0.25, -0.2) is 0 Å². The van der Waals surface area contributed by atoms with Gasteiger partial charge in [-0.15, -0.1) is 0 Å². The average molecular weight is 281 g/mol. The lowest BCUT2D eigenvalue weighted by Crippen LogP contribution is -2.53. The summed E-state index contributed by atoms with van der Waals surface area (Å²) in [5, 5.41) is 12.3. The smallest absolute Gasteiger partial charge is 0.236 e. The lowest BCUT2D eigenvalue weighted by Gasteiger charge is -2.39. The van der Waals surface area contributed by atoms with E-state index >= 15 is 0 Å². The van der Waals surface area contributed by atoms with Crippen LogP contribution in [0.1, 0.15) is 58.3 Å². The first-order chi connectivity index (χ1) is 9.60. The number of carbonyl (C=O) groups excluding carboxylic acids is 1. The molecule has 1 heterocycles. The molecule has 5 nitrogen and oxygen atoms in total. The van der Waals surface area contributed by atoms with Gasteiger partial charge in [0.1, 0.15) is 5.41 Å². The van der Waals surface area contributed by atoms with E-state index in [9.17, 15) is 4.79 Å². The first-order valence-electron chi connectivity index (χ1n) is 7.87. The normalized spacial score (nSPS) is 27.9. The third-order valence-electron chi connectivity index (χ3n) is 4.91. The molecule has 0 bridgehead atoms. The molecular formula is C15H27N3O2. The van der Waals surface area contributed by atoms with Crippen molar-refractivity contribution in [3.63, 3.8) is 0 Å².